The van der Waals surface area contributed by atoms with Crippen molar-refractivity contribution in [3.8, 4) is 22.7 Å². The minimum Gasteiger partial charge on any atom is -0.478 e. The number of carbonyl (C=O) groups excluding carboxylic acids is 4. The maximum absolute atomic E-state index is 13.7. The van der Waals surface area contributed by atoms with Gasteiger partial charge >= 0.3 is 18.3 Å². The molecule has 0 spiro atoms. The van der Waals surface area contributed by atoms with Crippen molar-refractivity contribution in [3.05, 3.63) is 356 Å². The van der Waals surface area contributed by atoms with Crippen LogP contribution < -0.4 is 8.61 Å². The number of rotatable bonds is 23. The van der Waals surface area contributed by atoms with Crippen molar-refractivity contribution in [2.45, 2.75) is 28.2 Å². The Labute approximate surface area is 858 Å². The number of sulfonamides is 2. The number of carbonyl (C=O) groups is 5. The predicted molar refractivity (Wildman–Crippen MR) is 525 cm³/mol. The zero-order valence-electron chi connectivity index (χ0n) is 70.2. The molecule has 29 nitrogen and oxygen atoms in total. The van der Waals surface area contributed by atoms with Crippen LogP contribution in [0.15, 0.2) is 258 Å². The summed E-state index contributed by atoms with van der Waals surface area (Å²) in [6, 6.07) is 44.4. The molecule has 2 amide bonds. The molecule has 0 aliphatic rings. The van der Waals surface area contributed by atoms with Crippen LogP contribution in [0, 0.1) is 7.14 Å². The number of hydrogen-bond acceptors (Lipinski definition) is 20. The van der Waals surface area contributed by atoms with E-state index < -0.39 is 88.9 Å². The number of nitrogens with zero attached hydrogens (tertiary/aromatic N) is 14. The van der Waals surface area contributed by atoms with Crippen LogP contribution in [-0.4, -0.2) is 173 Å². The number of aliphatic hydroxyl groups is 1. The number of hydroxylamine groups is 4. The van der Waals surface area contributed by atoms with Gasteiger partial charge in [-0.1, -0.05) is 116 Å². The Balaban J connectivity index is 0.000000205. The van der Waals surface area contributed by atoms with Crippen molar-refractivity contribution in [3.63, 3.8) is 0 Å². The van der Waals surface area contributed by atoms with Gasteiger partial charge in [0.2, 0.25) is 0 Å². The number of methoxy groups -OCH3 is 2. The van der Waals surface area contributed by atoms with E-state index in [1.54, 1.807) is 156 Å². The predicted octanol–water partition coefficient (Wildman–Crippen LogP) is 23.2. The number of ether oxygens (including phenoxy) is 2. The average molecular weight is 2400 g/mol. The Morgan fingerprint density at radius 3 is 1.16 bits per heavy atom. The summed E-state index contributed by atoms with van der Waals surface area (Å²) in [5.41, 5.74) is 1.95. The number of anilines is 2. The fourth-order valence-corrected chi connectivity index (χ4v) is 17.4. The molecule has 2 N–H and O–H groups in total. The van der Waals surface area contributed by atoms with Crippen molar-refractivity contribution in [1.29, 1.82) is 0 Å². The number of benzene rings is 8. The lowest BCUT2D eigenvalue weighted by atomic mass is 10.0. The maximum atomic E-state index is 13.7. The lowest BCUT2D eigenvalue weighted by Gasteiger charge is -2.27. The number of amides is 2. The van der Waals surface area contributed by atoms with Gasteiger partial charge in [-0.2, -0.15) is 46.7 Å². The van der Waals surface area contributed by atoms with E-state index in [9.17, 15) is 72.3 Å². The summed E-state index contributed by atoms with van der Waals surface area (Å²) in [6.07, 6.45) is 6.23. The number of halogens is 19. The second kappa shape index (κ2) is 51.3. The van der Waals surface area contributed by atoms with Crippen LogP contribution in [0.2, 0.25) is 50.2 Å². The number of aromatic nitrogens is 10. The largest absolute Gasteiger partial charge is 0.478 e. The van der Waals surface area contributed by atoms with E-state index in [1.807, 2.05) is 52.9 Å². The van der Waals surface area contributed by atoms with E-state index in [-0.39, 0.29) is 64.7 Å². The molecule has 0 fully saturated rings. The molecule has 0 aliphatic carbocycles. The number of alkyl halides is 6. The molecule has 1 atom stereocenters. The van der Waals surface area contributed by atoms with Crippen molar-refractivity contribution < 1.29 is 96.5 Å². The average Bonchev–Trinajstić information content (AvgIpc) is 1.07. The molecule has 0 saturated heterocycles. The number of carboxylic acid groups (broad SMARTS) is 1. The van der Waals surface area contributed by atoms with Crippen LogP contribution in [0.5, 0.6) is 0 Å². The summed E-state index contributed by atoms with van der Waals surface area (Å²) in [7, 11) is -0.830. The van der Waals surface area contributed by atoms with E-state index in [4.69, 9.17) is 140 Å². The number of carboxylic acids is 1. The number of aromatic carboxylic acids is 1. The molecule has 0 saturated carbocycles. The second-order valence-electron chi connectivity index (χ2n) is 26.6. The Kier molecular flexibility index (Phi) is 42.1. The standard InChI is InChI=1S/C24H18Cl3F3N4O4S.C14H10BrCl2F3N2O3S.C12H12ClN3O2.2C10H7ClN2O.C9H9ClINO2.C7H4ClIO2/c1-38-13-34(39(36,37)16-4-6-20(27)18(11-16)24(28,29)30)21-9-14(25)12-31-22(21)23(35)17-10-15(3-5-19(17)26)33-8-2-7-32-33;1-25-7-22(12-4-8(16)6-21-13(12)15)26(23,24)9-2-3-11(17)10(5-9)14(18,19)20;1-15(18-2)12(17)10-8-9(4-5-11(10)13)16-7-3-6-14-16;2*11-10-3-2-9(6-8(10)7-14)13-5-1-4-12-13;1-12(14-2)9(13)7-5-6(11)3-4-8(7)10;8-6-2-1-4(9)3-5(6)7(10)11/h2-12,23,35H,13H2,1H3;2-6H,7H2,1H3;3-8H,1-2H3;2*1-7H;3-5H,1-2H3;1-3H,(H,10,11). The topological polar surface area (TPSA) is 341 Å². The van der Waals surface area contributed by atoms with Crippen molar-refractivity contribution in [2.75, 3.05) is 64.6 Å². The number of hydrogen-bond donors (Lipinski definition) is 2. The Hall–Kier alpha value is -9.63. The highest BCUT2D eigenvalue weighted by molar-refractivity contribution is 14.1. The van der Waals surface area contributed by atoms with Crippen molar-refractivity contribution >= 4 is 239 Å². The molecule has 0 radical (unpaired) electrons. The second-order valence-corrected chi connectivity index (χ2v) is 37.7. The van der Waals surface area contributed by atoms with E-state index in [1.165, 1.54) is 82.9 Å². The summed E-state index contributed by atoms with van der Waals surface area (Å²) in [5, 5.41) is 39.5. The third-order valence-corrected chi connectivity index (χ3v) is 26.3. The van der Waals surface area contributed by atoms with Crippen molar-refractivity contribution in [1.82, 2.24) is 59.2 Å². The first-order valence-electron chi connectivity index (χ1n) is 37.5. The highest BCUT2D eigenvalue weighted by atomic mass is 127. The van der Waals surface area contributed by atoms with Crippen LogP contribution in [0.3, 0.4) is 0 Å². The fraction of sp³-hybridized carbons (Fsp3) is 0.128. The number of pyridine rings is 2. The Morgan fingerprint density at radius 2 is 0.794 bits per heavy atom. The number of aliphatic hydroxyl groups excluding tert-OH is 1. The SMILES string of the molecule is COCN(c1cc(Cl)cnc1Br)S(=O)(=O)c1ccc(Cl)c(C(F)(F)F)c1.COCN(c1cc(Cl)cnc1C(O)c1cc(-n2cccn2)ccc1Cl)S(=O)(=O)c1ccc(Cl)c(C(F)(F)F)c1.CON(C)C(=O)c1cc(-n2cccn2)ccc1Cl.CON(C)C(=O)c1cc(I)ccc1Cl.O=C(O)c1cc(I)ccc1Cl.O=Cc1cc(-n2cccn2)ccc1Cl.O=Cc1cc(-n2cccn2)ccc1Cl. The molecule has 8 aromatic carbocycles. The van der Waals surface area contributed by atoms with E-state index in [0.717, 1.165) is 75.5 Å². The summed E-state index contributed by atoms with van der Waals surface area (Å²) in [6.45, 7) is -1.14. The minimum atomic E-state index is -4.91. The molecule has 6 aromatic heterocycles. The molecule has 136 heavy (non-hydrogen) atoms. The molecule has 50 heteroatoms. The van der Waals surface area contributed by atoms with Crippen LogP contribution >= 0.6 is 177 Å². The molecule has 1 unspecified atom stereocenters. The normalized spacial score (nSPS) is 11.3. The molecule has 0 bridgehead atoms. The minimum absolute atomic E-state index is 0.00265. The Morgan fingerprint density at radius 1 is 0.456 bits per heavy atom. The zero-order chi connectivity index (χ0) is 100. The molecule has 14 rings (SSSR count). The molecular weight excluding hydrogens is 2340 g/mol. The van der Waals surface area contributed by atoms with E-state index >= 15 is 0 Å². The molecule has 0 aliphatic heterocycles. The van der Waals surface area contributed by atoms with Crippen LogP contribution in [0.4, 0.5) is 37.7 Å². The van der Waals surface area contributed by atoms with Crippen LogP contribution in [0.1, 0.15) is 80.3 Å². The first-order valence-corrected chi connectivity index (χ1v) is 47.1. The first-order chi connectivity index (χ1) is 64.2. The maximum Gasteiger partial charge on any atom is 0.417 e. The smallest absolute Gasteiger partial charge is 0.417 e. The van der Waals surface area contributed by atoms with Crippen molar-refractivity contribution in [2.24, 2.45) is 0 Å². The molecule has 716 valence electrons. The van der Waals surface area contributed by atoms with Crippen LogP contribution in [0.25, 0.3) is 22.7 Å². The van der Waals surface area contributed by atoms with Gasteiger partial charge in [0.25, 0.3) is 31.9 Å². The van der Waals surface area contributed by atoms with Gasteiger partial charge in [-0.3, -0.25) is 33.8 Å². The highest BCUT2D eigenvalue weighted by Crippen LogP contribution is 2.43. The molecule has 6 heterocycles. The van der Waals surface area contributed by atoms with Gasteiger partial charge in [0.05, 0.1) is 137 Å². The third-order valence-electron chi connectivity index (χ3n) is 17.8. The van der Waals surface area contributed by atoms with E-state index in [0.29, 0.717) is 64.5 Å². The number of aldehydes is 2. The zero-order valence-corrected chi connectivity index (χ0v) is 85.3. The third kappa shape index (κ3) is 30.2. The first kappa shape index (κ1) is 112. The summed E-state index contributed by atoms with van der Waals surface area (Å²) in [5.74, 6) is -1.55. The van der Waals surface area contributed by atoms with Gasteiger partial charge in [-0.05, 0) is 243 Å². The molecular formula is C86H67BrCl10F6I2N14O15S2. The lowest BCUT2D eigenvalue weighted by molar-refractivity contribution is -0.138. The van der Waals surface area contributed by atoms with Gasteiger partial charge in [-0.25, -0.2) is 64.1 Å². The van der Waals surface area contributed by atoms with Gasteiger partial charge in [0, 0.05) is 119 Å². The Bertz CT molecular complexity index is 6680. The lowest BCUT2D eigenvalue weighted by Crippen LogP contribution is -2.34. The van der Waals surface area contributed by atoms with Gasteiger partial charge in [-0.15, -0.1) is 0 Å². The molecule has 14 aromatic rings. The van der Waals surface area contributed by atoms with E-state index in [2.05, 4.69) is 68.9 Å². The summed E-state index contributed by atoms with van der Waals surface area (Å²) >= 11 is 65.9. The summed E-state index contributed by atoms with van der Waals surface area (Å²) < 4.78 is 153. The monoisotopic (exact) mass is 2400 g/mol. The van der Waals surface area contributed by atoms with Gasteiger partial charge in [0.15, 0.2) is 12.6 Å². The van der Waals surface area contributed by atoms with Gasteiger partial charge < -0.3 is 19.7 Å². The van der Waals surface area contributed by atoms with Gasteiger partial charge in [0.1, 0.15) is 24.2 Å². The van der Waals surface area contributed by atoms with Crippen LogP contribution in [-0.2, 0) is 51.5 Å². The highest BCUT2D eigenvalue weighted by Gasteiger charge is 2.39. The quantitative estimate of drug-likeness (QED) is 0.0150. The summed E-state index contributed by atoms with van der Waals surface area (Å²) in [4.78, 5) is 71.7. The fourth-order valence-electron chi connectivity index (χ4n) is 11.1.